The minimum Gasteiger partial charge on any atom is -0.335 e. The van der Waals surface area contributed by atoms with Crippen LogP contribution < -0.4 is 0 Å². The van der Waals surface area contributed by atoms with E-state index in [9.17, 15) is 13.6 Å². The Morgan fingerprint density at radius 1 is 0.968 bits per heavy atom. The molecule has 7 heteroatoms. The van der Waals surface area contributed by atoms with E-state index in [4.69, 9.17) is 0 Å². The molecule has 3 aromatic rings. The van der Waals surface area contributed by atoms with Gasteiger partial charge < -0.3 is 4.90 Å². The Morgan fingerprint density at radius 3 is 1.94 bits per heavy atom. The molecule has 1 aliphatic rings. The third-order valence-electron chi connectivity index (χ3n) is 5.68. The molecular formula is C24H25F2N3OS. The Labute approximate surface area is 185 Å². The monoisotopic (exact) mass is 441 g/mol. The standard InChI is InChI=1S/C24H25F2N3OS/c1-3-21-27-16(2)23(31-21)24(30)29-14-12-28(13-15-29)22(17-4-8-19(25)9-5-17)18-6-10-20(26)11-7-18/h4-11,22H,3,12-15H2,1-2H3. The van der Waals surface area contributed by atoms with Gasteiger partial charge in [0, 0.05) is 26.2 Å². The molecular weight excluding hydrogens is 416 g/mol. The van der Waals surface area contributed by atoms with Crippen LogP contribution in [-0.2, 0) is 6.42 Å². The zero-order chi connectivity index (χ0) is 22.0. The third-order valence-corrected chi connectivity index (χ3v) is 6.97. The summed E-state index contributed by atoms with van der Waals surface area (Å²) in [7, 11) is 0. The van der Waals surface area contributed by atoms with Crippen LogP contribution in [0.1, 0.15) is 44.5 Å². The largest absolute Gasteiger partial charge is 0.335 e. The molecule has 0 unspecified atom stereocenters. The van der Waals surface area contributed by atoms with Crippen molar-refractivity contribution in [3.8, 4) is 0 Å². The van der Waals surface area contributed by atoms with Crippen molar-refractivity contribution in [1.29, 1.82) is 0 Å². The van der Waals surface area contributed by atoms with Gasteiger partial charge in [-0.25, -0.2) is 13.8 Å². The highest BCUT2D eigenvalue weighted by atomic mass is 32.1. The molecule has 0 atom stereocenters. The summed E-state index contributed by atoms with van der Waals surface area (Å²) in [5.74, 6) is -0.541. The Bertz CT molecular complexity index is 996. The van der Waals surface area contributed by atoms with E-state index in [1.807, 2.05) is 18.7 Å². The summed E-state index contributed by atoms with van der Waals surface area (Å²) in [5.41, 5.74) is 2.68. The van der Waals surface area contributed by atoms with Gasteiger partial charge in [0.2, 0.25) is 0 Å². The number of nitrogens with zero attached hydrogens (tertiary/aromatic N) is 3. The first-order valence-electron chi connectivity index (χ1n) is 10.5. The maximum atomic E-state index is 13.5. The number of rotatable bonds is 5. The van der Waals surface area contributed by atoms with E-state index >= 15 is 0 Å². The number of aryl methyl sites for hydroxylation is 2. The molecule has 162 valence electrons. The van der Waals surface area contributed by atoms with Crippen LogP contribution in [0, 0.1) is 18.6 Å². The van der Waals surface area contributed by atoms with Gasteiger partial charge in [-0.3, -0.25) is 9.69 Å². The number of benzene rings is 2. The van der Waals surface area contributed by atoms with Crippen molar-refractivity contribution in [2.45, 2.75) is 26.3 Å². The smallest absolute Gasteiger partial charge is 0.265 e. The van der Waals surface area contributed by atoms with Crippen molar-refractivity contribution in [2.75, 3.05) is 26.2 Å². The average molecular weight is 442 g/mol. The van der Waals surface area contributed by atoms with Crippen molar-refractivity contribution >= 4 is 17.2 Å². The quantitative estimate of drug-likeness (QED) is 0.569. The zero-order valence-corrected chi connectivity index (χ0v) is 18.5. The summed E-state index contributed by atoms with van der Waals surface area (Å²) in [6.07, 6.45) is 0.823. The average Bonchev–Trinajstić information content (AvgIpc) is 3.17. The minimum atomic E-state index is -0.289. The minimum absolute atomic E-state index is 0.0365. The van der Waals surface area contributed by atoms with Gasteiger partial charge in [0.05, 0.1) is 16.7 Å². The molecule has 4 nitrogen and oxygen atoms in total. The Hall–Kier alpha value is -2.64. The van der Waals surface area contributed by atoms with Gasteiger partial charge in [-0.2, -0.15) is 0 Å². The first-order chi connectivity index (χ1) is 15.0. The van der Waals surface area contributed by atoms with Gasteiger partial charge in [-0.15, -0.1) is 11.3 Å². The number of thiazole rings is 1. The summed E-state index contributed by atoms with van der Waals surface area (Å²) in [6.45, 7) is 6.45. The maximum Gasteiger partial charge on any atom is 0.265 e. The lowest BCUT2D eigenvalue weighted by molar-refractivity contribution is 0.0601. The summed E-state index contributed by atoms with van der Waals surface area (Å²) in [6, 6.07) is 12.7. The van der Waals surface area contributed by atoms with Gasteiger partial charge in [-0.1, -0.05) is 31.2 Å². The van der Waals surface area contributed by atoms with Crippen molar-refractivity contribution in [1.82, 2.24) is 14.8 Å². The fourth-order valence-corrected chi connectivity index (χ4v) is 5.01. The van der Waals surface area contributed by atoms with E-state index in [1.165, 1.54) is 35.6 Å². The highest BCUT2D eigenvalue weighted by Crippen LogP contribution is 2.30. The van der Waals surface area contributed by atoms with E-state index in [1.54, 1.807) is 24.3 Å². The number of piperazine rings is 1. The predicted molar refractivity (Wildman–Crippen MR) is 118 cm³/mol. The molecule has 4 rings (SSSR count). The van der Waals surface area contributed by atoms with Gasteiger partial charge in [0.1, 0.15) is 16.5 Å². The molecule has 1 fully saturated rings. The van der Waals surface area contributed by atoms with Crippen LogP contribution in [0.4, 0.5) is 8.78 Å². The van der Waals surface area contributed by atoms with Crippen LogP contribution in [0.3, 0.4) is 0 Å². The lowest BCUT2D eigenvalue weighted by atomic mass is 9.96. The second kappa shape index (κ2) is 9.24. The first-order valence-corrected chi connectivity index (χ1v) is 11.3. The van der Waals surface area contributed by atoms with Gasteiger partial charge >= 0.3 is 0 Å². The zero-order valence-electron chi connectivity index (χ0n) is 17.6. The number of aromatic nitrogens is 1. The van der Waals surface area contributed by atoms with Gasteiger partial charge in [0.15, 0.2) is 0 Å². The summed E-state index contributed by atoms with van der Waals surface area (Å²) in [4.78, 5) is 22.4. The van der Waals surface area contributed by atoms with Crippen molar-refractivity contribution in [2.24, 2.45) is 0 Å². The molecule has 0 bridgehead atoms. The molecule has 0 saturated carbocycles. The fraction of sp³-hybridized carbons (Fsp3) is 0.333. The third kappa shape index (κ3) is 4.67. The number of hydrogen-bond donors (Lipinski definition) is 0. The van der Waals surface area contributed by atoms with E-state index < -0.39 is 0 Å². The van der Waals surface area contributed by atoms with Crippen LogP contribution in [0.2, 0.25) is 0 Å². The van der Waals surface area contributed by atoms with Crippen LogP contribution in [0.5, 0.6) is 0 Å². The summed E-state index contributed by atoms with van der Waals surface area (Å²) in [5, 5.41) is 0.979. The normalized spacial score (nSPS) is 14.9. The second-order valence-electron chi connectivity index (χ2n) is 7.71. The van der Waals surface area contributed by atoms with Crippen LogP contribution >= 0.6 is 11.3 Å². The molecule has 0 spiro atoms. The Morgan fingerprint density at radius 2 is 1.48 bits per heavy atom. The molecule has 2 aromatic carbocycles. The lowest BCUT2D eigenvalue weighted by Crippen LogP contribution is -2.49. The van der Waals surface area contributed by atoms with Gasteiger partial charge in [0.25, 0.3) is 5.91 Å². The first kappa shape index (κ1) is 21.6. The number of halogens is 2. The van der Waals surface area contributed by atoms with E-state index in [0.29, 0.717) is 26.2 Å². The summed E-state index contributed by atoms with van der Waals surface area (Å²) < 4.78 is 27.0. The van der Waals surface area contributed by atoms with Crippen molar-refractivity contribution in [3.05, 3.63) is 86.9 Å². The molecule has 0 aliphatic carbocycles. The SMILES string of the molecule is CCc1nc(C)c(C(=O)N2CCN(C(c3ccc(F)cc3)c3ccc(F)cc3)CC2)s1. The van der Waals surface area contributed by atoms with Crippen molar-refractivity contribution < 1.29 is 13.6 Å². The topological polar surface area (TPSA) is 36.4 Å². The number of amides is 1. The maximum absolute atomic E-state index is 13.5. The predicted octanol–water partition coefficient (Wildman–Crippen LogP) is 4.84. The Balaban J connectivity index is 1.53. The highest BCUT2D eigenvalue weighted by molar-refractivity contribution is 7.13. The van der Waals surface area contributed by atoms with E-state index in [0.717, 1.165) is 33.1 Å². The highest BCUT2D eigenvalue weighted by Gasteiger charge is 2.30. The summed E-state index contributed by atoms with van der Waals surface area (Å²) >= 11 is 1.48. The lowest BCUT2D eigenvalue weighted by Gasteiger charge is -2.39. The van der Waals surface area contributed by atoms with Crippen molar-refractivity contribution in [3.63, 3.8) is 0 Å². The Kier molecular flexibility index (Phi) is 6.43. The molecule has 2 heterocycles. The number of carbonyl (C=O) groups is 1. The molecule has 1 aromatic heterocycles. The number of hydrogen-bond acceptors (Lipinski definition) is 4. The van der Waals surface area contributed by atoms with Crippen LogP contribution in [-0.4, -0.2) is 46.9 Å². The molecule has 0 N–H and O–H groups in total. The van der Waals surface area contributed by atoms with E-state index in [2.05, 4.69) is 9.88 Å². The van der Waals surface area contributed by atoms with E-state index in [-0.39, 0.29) is 23.6 Å². The van der Waals surface area contributed by atoms with Crippen LogP contribution in [0.25, 0.3) is 0 Å². The van der Waals surface area contributed by atoms with Gasteiger partial charge in [-0.05, 0) is 48.7 Å². The fourth-order valence-electron chi connectivity index (χ4n) is 4.03. The molecule has 1 amide bonds. The number of carbonyl (C=O) groups excluding carboxylic acids is 1. The molecule has 1 aliphatic heterocycles. The molecule has 1 saturated heterocycles. The second-order valence-corrected chi connectivity index (χ2v) is 8.79. The molecule has 0 radical (unpaired) electrons. The van der Waals surface area contributed by atoms with Crippen LogP contribution in [0.15, 0.2) is 48.5 Å². The molecule has 31 heavy (non-hydrogen) atoms.